The highest BCUT2D eigenvalue weighted by atomic mass is 16.6. The second-order valence-corrected chi connectivity index (χ2v) is 10.3. The van der Waals surface area contributed by atoms with Gasteiger partial charge in [-0.05, 0) is 18.1 Å². The number of benzene rings is 2. The van der Waals surface area contributed by atoms with Crippen LogP contribution in [0.1, 0.15) is 118 Å². The number of nitro benzene ring substituents is 2. The predicted molar refractivity (Wildman–Crippen MR) is 153 cm³/mol. The molecule has 0 aliphatic heterocycles. The molecule has 2 aromatic carbocycles. The number of ether oxygens (including phenoxy) is 1. The van der Waals surface area contributed by atoms with E-state index >= 15 is 0 Å². The minimum absolute atomic E-state index is 0.0386. The molecule has 0 saturated heterocycles. The first-order chi connectivity index (χ1) is 19.4. The van der Waals surface area contributed by atoms with Crippen molar-refractivity contribution in [1.29, 1.82) is 0 Å². The molecular weight excluding hydrogens is 514 g/mol. The van der Waals surface area contributed by atoms with Crippen LogP contribution in [0.4, 0.5) is 11.4 Å². The van der Waals surface area contributed by atoms with Crippen molar-refractivity contribution >= 4 is 23.1 Å². The molecule has 0 bridgehead atoms. The number of rotatable bonds is 18. The molecule has 1 N–H and O–H groups in total. The van der Waals surface area contributed by atoms with Crippen LogP contribution in [-0.4, -0.2) is 33.3 Å². The lowest BCUT2D eigenvalue weighted by molar-refractivity contribution is -0.385. The molecule has 0 aromatic heterocycles. The molecule has 0 unspecified atom stereocenters. The maximum Gasteiger partial charge on any atom is 0.339 e. The highest BCUT2D eigenvalue weighted by Gasteiger charge is 2.34. The van der Waals surface area contributed by atoms with E-state index in [1.54, 1.807) is 0 Å². The SMILES string of the molecule is CCCCCCCCCCCCCCCCOC(=O)c1cc([N+](=O)[O-])cc2c1-c1ccc([N+](=O)[O-])cc1/C2=N/O. The van der Waals surface area contributed by atoms with Gasteiger partial charge in [-0.3, -0.25) is 20.2 Å². The summed E-state index contributed by atoms with van der Waals surface area (Å²) in [6.45, 7) is 2.42. The normalized spacial score (nSPS) is 12.8. The predicted octanol–water partition coefficient (Wildman–Crippen LogP) is 8.35. The number of carbonyl (C=O) groups excluding carboxylic acids is 1. The fourth-order valence-electron chi connectivity index (χ4n) is 5.22. The Bertz CT molecular complexity index is 1230. The van der Waals surface area contributed by atoms with Crippen LogP contribution in [-0.2, 0) is 4.74 Å². The topological polar surface area (TPSA) is 145 Å². The summed E-state index contributed by atoms with van der Waals surface area (Å²) in [5.74, 6) is -0.724. The summed E-state index contributed by atoms with van der Waals surface area (Å²) in [5, 5.41) is 35.7. The summed E-state index contributed by atoms with van der Waals surface area (Å²) >= 11 is 0. The van der Waals surface area contributed by atoms with Gasteiger partial charge in [0, 0.05) is 41.0 Å². The Morgan fingerprint density at radius 2 is 1.27 bits per heavy atom. The van der Waals surface area contributed by atoms with Gasteiger partial charge in [0.1, 0.15) is 5.71 Å². The summed E-state index contributed by atoms with van der Waals surface area (Å²) in [5.41, 5.74) is 0.362. The molecule has 40 heavy (non-hydrogen) atoms. The van der Waals surface area contributed by atoms with Gasteiger partial charge in [-0.15, -0.1) is 0 Å². The average molecular weight is 554 g/mol. The van der Waals surface area contributed by atoms with Crippen molar-refractivity contribution in [2.45, 2.75) is 96.8 Å². The van der Waals surface area contributed by atoms with Crippen molar-refractivity contribution in [1.82, 2.24) is 0 Å². The summed E-state index contributed by atoms with van der Waals surface area (Å²) < 4.78 is 5.47. The molecule has 10 nitrogen and oxygen atoms in total. The van der Waals surface area contributed by atoms with E-state index in [1.165, 1.54) is 88.5 Å². The smallest absolute Gasteiger partial charge is 0.339 e. The molecule has 2 aromatic rings. The maximum atomic E-state index is 13.0. The zero-order valence-electron chi connectivity index (χ0n) is 23.2. The fraction of sp³-hybridized carbons (Fsp3) is 0.533. The molecule has 216 valence electrons. The molecule has 1 aliphatic carbocycles. The molecule has 0 fully saturated rings. The summed E-state index contributed by atoms with van der Waals surface area (Å²) in [4.78, 5) is 34.6. The molecular formula is C30H39N3O7. The maximum absolute atomic E-state index is 13.0. The first-order valence-electron chi connectivity index (χ1n) is 14.4. The number of unbranched alkanes of at least 4 members (excludes halogenated alkanes) is 13. The Hall–Kier alpha value is -3.82. The van der Waals surface area contributed by atoms with Crippen molar-refractivity contribution in [3.63, 3.8) is 0 Å². The minimum atomic E-state index is -0.724. The molecule has 1 aliphatic rings. The van der Waals surface area contributed by atoms with Gasteiger partial charge in [-0.2, -0.15) is 0 Å². The molecule has 10 heteroatoms. The van der Waals surface area contributed by atoms with Crippen LogP contribution in [0.3, 0.4) is 0 Å². The number of carbonyl (C=O) groups is 1. The highest BCUT2D eigenvalue weighted by molar-refractivity contribution is 6.27. The number of hydrogen-bond donors (Lipinski definition) is 1. The number of hydrogen-bond acceptors (Lipinski definition) is 8. The molecule has 0 heterocycles. The van der Waals surface area contributed by atoms with Crippen molar-refractivity contribution in [3.8, 4) is 11.1 Å². The van der Waals surface area contributed by atoms with Crippen molar-refractivity contribution < 1.29 is 24.6 Å². The number of nitro groups is 2. The lowest BCUT2D eigenvalue weighted by atomic mass is 9.98. The zero-order valence-corrected chi connectivity index (χ0v) is 23.2. The summed E-state index contributed by atoms with van der Waals surface area (Å²) in [7, 11) is 0. The van der Waals surface area contributed by atoms with Crippen LogP contribution in [0, 0.1) is 20.2 Å². The van der Waals surface area contributed by atoms with E-state index in [4.69, 9.17) is 4.74 Å². The van der Waals surface area contributed by atoms with Crippen molar-refractivity contribution in [3.05, 3.63) is 67.3 Å². The molecule has 3 rings (SSSR count). The second kappa shape index (κ2) is 15.7. The quantitative estimate of drug-likeness (QED) is 0.0547. The largest absolute Gasteiger partial charge is 0.462 e. The van der Waals surface area contributed by atoms with Gasteiger partial charge in [0.2, 0.25) is 0 Å². The van der Waals surface area contributed by atoms with E-state index in [2.05, 4.69) is 12.1 Å². The Kier molecular flexibility index (Phi) is 12.0. The first kappa shape index (κ1) is 30.7. The molecule has 0 atom stereocenters. The Balaban J connectivity index is 1.50. The number of esters is 1. The molecule has 0 radical (unpaired) electrons. The van der Waals surface area contributed by atoms with Crippen LogP contribution >= 0.6 is 0 Å². The third-order valence-electron chi connectivity index (χ3n) is 7.38. The van der Waals surface area contributed by atoms with E-state index in [0.717, 1.165) is 25.3 Å². The van der Waals surface area contributed by atoms with Gasteiger partial charge in [-0.25, -0.2) is 4.79 Å². The number of oxime groups is 1. The van der Waals surface area contributed by atoms with Gasteiger partial charge < -0.3 is 9.94 Å². The number of fused-ring (bicyclic) bond motifs is 3. The van der Waals surface area contributed by atoms with Gasteiger partial charge in [0.25, 0.3) is 11.4 Å². The first-order valence-corrected chi connectivity index (χ1v) is 14.4. The van der Waals surface area contributed by atoms with E-state index in [-0.39, 0.29) is 40.4 Å². The van der Waals surface area contributed by atoms with Gasteiger partial charge in [-0.1, -0.05) is 95.6 Å². The standard InChI is InChI=1S/C30H39N3O7/c1-2-3-4-5-6-7-8-9-10-11-12-13-14-15-18-40-30(34)27-21-23(33(38)39)20-26-28(27)24-17-16-22(32(36)37)19-25(24)29(26)31-35/h16-17,19-21,35H,2-15,18H2,1H3/b31-29-. The summed E-state index contributed by atoms with van der Waals surface area (Å²) in [6, 6.07) is 6.27. The highest BCUT2D eigenvalue weighted by Crippen LogP contribution is 2.43. The Labute approximate surface area is 234 Å². The van der Waals surface area contributed by atoms with Gasteiger partial charge in [0.15, 0.2) is 0 Å². The van der Waals surface area contributed by atoms with Crippen LogP contribution in [0.15, 0.2) is 35.5 Å². The lowest BCUT2D eigenvalue weighted by Gasteiger charge is -2.10. The Morgan fingerprint density at radius 1 is 0.750 bits per heavy atom. The van der Waals surface area contributed by atoms with Gasteiger partial charge in [0.05, 0.1) is 22.0 Å². The number of nitrogens with zero attached hydrogens (tertiary/aromatic N) is 3. The fourth-order valence-corrected chi connectivity index (χ4v) is 5.22. The van der Waals surface area contributed by atoms with Crippen LogP contribution in [0.2, 0.25) is 0 Å². The van der Waals surface area contributed by atoms with E-state index in [9.17, 15) is 30.2 Å². The van der Waals surface area contributed by atoms with Crippen LogP contribution in [0.25, 0.3) is 11.1 Å². The lowest BCUT2D eigenvalue weighted by Crippen LogP contribution is -2.10. The van der Waals surface area contributed by atoms with Gasteiger partial charge >= 0.3 is 5.97 Å². The molecule has 0 spiro atoms. The van der Waals surface area contributed by atoms with Crippen LogP contribution in [0.5, 0.6) is 0 Å². The summed E-state index contributed by atoms with van der Waals surface area (Å²) in [6.07, 6.45) is 16.9. The Morgan fingerprint density at radius 3 is 1.80 bits per heavy atom. The average Bonchev–Trinajstić information content (AvgIpc) is 3.27. The third-order valence-corrected chi connectivity index (χ3v) is 7.38. The molecule has 0 amide bonds. The second-order valence-electron chi connectivity index (χ2n) is 10.3. The van der Waals surface area contributed by atoms with Crippen LogP contribution < -0.4 is 0 Å². The van der Waals surface area contributed by atoms with E-state index in [0.29, 0.717) is 17.5 Å². The van der Waals surface area contributed by atoms with Crippen molar-refractivity contribution in [2.24, 2.45) is 5.16 Å². The monoisotopic (exact) mass is 553 g/mol. The van der Waals surface area contributed by atoms with E-state index in [1.807, 2.05) is 0 Å². The van der Waals surface area contributed by atoms with Crippen molar-refractivity contribution in [2.75, 3.05) is 6.61 Å². The van der Waals surface area contributed by atoms with E-state index < -0.39 is 15.8 Å². The minimum Gasteiger partial charge on any atom is -0.462 e. The third kappa shape index (κ3) is 8.09. The zero-order chi connectivity index (χ0) is 28.9. The number of non-ortho nitro benzene ring substituents is 2. The molecule has 0 saturated carbocycles.